The number of hydrogen-bond donors (Lipinski definition) is 2. The summed E-state index contributed by atoms with van der Waals surface area (Å²) in [5, 5.41) is 13.7. The molecule has 0 aromatic carbocycles. The molecule has 0 spiro atoms. The highest BCUT2D eigenvalue weighted by Gasteiger charge is 2.30. The van der Waals surface area contributed by atoms with Gasteiger partial charge in [-0.15, -0.1) is 0 Å². The van der Waals surface area contributed by atoms with Crippen LogP contribution >= 0.6 is 0 Å². The Morgan fingerprint density at radius 1 is 1.38 bits per heavy atom. The Hall–Kier alpha value is -0.0800. The lowest BCUT2D eigenvalue weighted by Gasteiger charge is -2.32. The molecule has 0 aromatic heterocycles. The maximum Gasteiger partial charge on any atom is 0.0771 e. The third-order valence-electron chi connectivity index (χ3n) is 3.07. The van der Waals surface area contributed by atoms with E-state index in [9.17, 15) is 5.11 Å². The van der Waals surface area contributed by atoms with Gasteiger partial charge in [0.1, 0.15) is 0 Å². The van der Waals surface area contributed by atoms with E-state index in [0.717, 1.165) is 25.8 Å². The average molecular weight is 185 g/mol. The van der Waals surface area contributed by atoms with Crippen molar-refractivity contribution in [1.82, 2.24) is 5.32 Å². The average Bonchev–Trinajstić information content (AvgIpc) is 2.31. The molecular formula is C11H23NO. The Balaban J connectivity index is 2.46. The van der Waals surface area contributed by atoms with E-state index in [1.807, 2.05) is 6.92 Å². The highest BCUT2D eigenvalue weighted by atomic mass is 16.3. The molecule has 1 saturated heterocycles. The summed E-state index contributed by atoms with van der Waals surface area (Å²) in [4.78, 5) is 0. The Morgan fingerprint density at radius 2 is 2.15 bits per heavy atom. The van der Waals surface area contributed by atoms with Crippen molar-refractivity contribution in [2.75, 3.05) is 6.54 Å². The van der Waals surface area contributed by atoms with Gasteiger partial charge in [0.05, 0.1) is 5.60 Å². The molecule has 1 heterocycles. The van der Waals surface area contributed by atoms with Crippen LogP contribution in [-0.4, -0.2) is 23.3 Å². The summed E-state index contributed by atoms with van der Waals surface area (Å²) in [5.74, 6) is 0. The van der Waals surface area contributed by atoms with E-state index in [1.165, 1.54) is 19.3 Å². The van der Waals surface area contributed by atoms with E-state index < -0.39 is 5.60 Å². The molecule has 2 atom stereocenters. The molecule has 0 amide bonds. The van der Waals surface area contributed by atoms with Crippen LogP contribution in [0.5, 0.6) is 0 Å². The third-order valence-corrected chi connectivity index (χ3v) is 3.07. The quantitative estimate of drug-likeness (QED) is 0.705. The molecule has 1 aliphatic rings. The Labute approximate surface area is 81.7 Å². The fourth-order valence-electron chi connectivity index (χ4n) is 2.24. The second-order valence-electron chi connectivity index (χ2n) is 4.46. The van der Waals surface area contributed by atoms with Gasteiger partial charge in [0.15, 0.2) is 0 Å². The summed E-state index contributed by atoms with van der Waals surface area (Å²) in [7, 11) is 0. The van der Waals surface area contributed by atoms with Crippen LogP contribution in [0.1, 0.15) is 52.4 Å². The molecule has 13 heavy (non-hydrogen) atoms. The van der Waals surface area contributed by atoms with E-state index in [0.29, 0.717) is 6.04 Å². The van der Waals surface area contributed by atoms with Gasteiger partial charge in [-0.05, 0) is 32.7 Å². The van der Waals surface area contributed by atoms with Crippen LogP contribution in [0.2, 0.25) is 0 Å². The van der Waals surface area contributed by atoms with Crippen molar-refractivity contribution in [2.24, 2.45) is 0 Å². The summed E-state index contributed by atoms with van der Waals surface area (Å²) >= 11 is 0. The van der Waals surface area contributed by atoms with Gasteiger partial charge in [0.25, 0.3) is 0 Å². The molecule has 0 saturated carbocycles. The number of nitrogens with one attached hydrogen (secondary N) is 1. The second-order valence-corrected chi connectivity index (χ2v) is 4.46. The van der Waals surface area contributed by atoms with E-state index >= 15 is 0 Å². The van der Waals surface area contributed by atoms with E-state index in [1.54, 1.807) is 0 Å². The molecule has 1 aliphatic heterocycles. The van der Waals surface area contributed by atoms with Crippen molar-refractivity contribution < 1.29 is 5.11 Å². The third kappa shape index (κ3) is 3.28. The molecule has 0 bridgehead atoms. The Morgan fingerprint density at radius 3 is 2.85 bits per heavy atom. The Kier molecular flexibility index (Phi) is 4.20. The largest absolute Gasteiger partial charge is 0.389 e. The molecule has 78 valence electrons. The smallest absolute Gasteiger partial charge is 0.0771 e. The van der Waals surface area contributed by atoms with Crippen molar-refractivity contribution in [3.63, 3.8) is 0 Å². The van der Waals surface area contributed by atoms with Crippen LogP contribution in [0.25, 0.3) is 0 Å². The Bertz CT molecular complexity index is 137. The molecule has 2 heteroatoms. The van der Waals surface area contributed by atoms with Gasteiger partial charge in [0.2, 0.25) is 0 Å². The topological polar surface area (TPSA) is 32.3 Å². The van der Waals surface area contributed by atoms with Crippen molar-refractivity contribution in [3.8, 4) is 0 Å². The minimum absolute atomic E-state index is 0.315. The van der Waals surface area contributed by atoms with E-state index in [-0.39, 0.29) is 0 Å². The normalized spacial score (nSPS) is 29.3. The first-order chi connectivity index (χ1) is 6.17. The molecule has 2 N–H and O–H groups in total. The van der Waals surface area contributed by atoms with Gasteiger partial charge >= 0.3 is 0 Å². The second kappa shape index (κ2) is 4.97. The van der Waals surface area contributed by atoms with Crippen molar-refractivity contribution in [1.29, 1.82) is 0 Å². The van der Waals surface area contributed by atoms with Gasteiger partial charge in [-0.3, -0.25) is 0 Å². The molecule has 2 nitrogen and oxygen atoms in total. The summed E-state index contributed by atoms with van der Waals surface area (Å²) in [6, 6.07) is 0.315. The zero-order valence-electron chi connectivity index (χ0n) is 8.97. The van der Waals surface area contributed by atoms with E-state index in [2.05, 4.69) is 12.2 Å². The standard InChI is InChI=1S/C11H23NO/c1-3-8-11(2,13)10-7-5-4-6-9-12-10/h10,12-13H,3-9H2,1-2H3. The molecular weight excluding hydrogens is 162 g/mol. The lowest BCUT2D eigenvalue weighted by Crippen LogP contribution is -2.48. The minimum atomic E-state index is -0.501. The monoisotopic (exact) mass is 185 g/mol. The van der Waals surface area contributed by atoms with Crippen molar-refractivity contribution >= 4 is 0 Å². The van der Waals surface area contributed by atoms with Crippen molar-refractivity contribution in [3.05, 3.63) is 0 Å². The minimum Gasteiger partial charge on any atom is -0.389 e. The molecule has 1 fully saturated rings. The molecule has 0 aliphatic carbocycles. The predicted octanol–water partition coefficient (Wildman–Crippen LogP) is 2.07. The van der Waals surface area contributed by atoms with Gasteiger partial charge < -0.3 is 10.4 Å². The zero-order valence-corrected chi connectivity index (χ0v) is 8.97. The zero-order chi connectivity index (χ0) is 9.73. The molecule has 0 radical (unpaired) electrons. The van der Waals surface area contributed by atoms with Crippen LogP contribution in [0, 0.1) is 0 Å². The van der Waals surface area contributed by atoms with Crippen LogP contribution in [0.15, 0.2) is 0 Å². The maximum atomic E-state index is 10.2. The first kappa shape index (κ1) is 11.0. The van der Waals surface area contributed by atoms with Crippen LogP contribution in [0.3, 0.4) is 0 Å². The summed E-state index contributed by atoms with van der Waals surface area (Å²) < 4.78 is 0. The van der Waals surface area contributed by atoms with E-state index in [4.69, 9.17) is 0 Å². The molecule has 0 aromatic rings. The highest BCUT2D eigenvalue weighted by molar-refractivity contribution is 4.88. The predicted molar refractivity (Wildman–Crippen MR) is 55.8 cm³/mol. The SMILES string of the molecule is CCCC(C)(O)C1CCCCCN1. The fraction of sp³-hybridized carbons (Fsp3) is 1.00. The number of hydrogen-bond acceptors (Lipinski definition) is 2. The first-order valence-electron chi connectivity index (χ1n) is 5.62. The summed E-state index contributed by atoms with van der Waals surface area (Å²) in [6.07, 6.45) is 6.94. The van der Waals surface area contributed by atoms with Crippen molar-refractivity contribution in [2.45, 2.75) is 64.0 Å². The highest BCUT2D eigenvalue weighted by Crippen LogP contribution is 2.23. The summed E-state index contributed by atoms with van der Waals surface area (Å²) in [6.45, 7) is 5.18. The number of aliphatic hydroxyl groups is 1. The fourth-order valence-corrected chi connectivity index (χ4v) is 2.24. The van der Waals surface area contributed by atoms with Gasteiger partial charge in [-0.25, -0.2) is 0 Å². The summed E-state index contributed by atoms with van der Waals surface area (Å²) in [5.41, 5.74) is -0.501. The lowest BCUT2D eigenvalue weighted by atomic mass is 9.88. The van der Waals surface area contributed by atoms with Gasteiger partial charge in [-0.2, -0.15) is 0 Å². The maximum absolute atomic E-state index is 10.2. The van der Waals surface area contributed by atoms with Crippen LogP contribution in [0.4, 0.5) is 0 Å². The number of rotatable bonds is 3. The molecule has 2 unspecified atom stereocenters. The van der Waals surface area contributed by atoms with Crippen LogP contribution in [-0.2, 0) is 0 Å². The first-order valence-corrected chi connectivity index (χ1v) is 5.62. The lowest BCUT2D eigenvalue weighted by molar-refractivity contribution is 0.00923. The van der Waals surface area contributed by atoms with Gasteiger partial charge in [-0.1, -0.05) is 26.2 Å². The van der Waals surface area contributed by atoms with Gasteiger partial charge in [0, 0.05) is 6.04 Å². The molecule has 1 rings (SSSR count). The van der Waals surface area contributed by atoms with Crippen LogP contribution < -0.4 is 5.32 Å².